The lowest BCUT2D eigenvalue weighted by molar-refractivity contribution is -0.141. The van der Waals surface area contributed by atoms with Crippen LogP contribution in [0.4, 0.5) is 9.59 Å². The molecule has 8 N–H and O–H groups in total. The van der Waals surface area contributed by atoms with Crippen LogP contribution in [-0.4, -0.2) is 40.1 Å². The van der Waals surface area contributed by atoms with Crippen LogP contribution in [0, 0.1) is 0 Å². The van der Waals surface area contributed by atoms with Gasteiger partial charge in [-0.05, 0) is 0 Å². The van der Waals surface area contributed by atoms with Crippen molar-refractivity contribution in [2.75, 3.05) is 0 Å². The molecular weight excluding hydrogens is 222 g/mol. The number of carbonyl (C=O) groups is 4. The molecule has 0 saturated heterocycles. The summed E-state index contributed by atoms with van der Waals surface area (Å²) in [5.41, 5.74) is 16.2. The standard InChI is InChI=1S/C6H11N5O5/c7-2(1-3(12)13)4(14)11(6(9)16)10-5(8)15/h2H,1,7H2,(H2,9,16)(H,12,13)(H3,8,10,15)/t2-/m0/s1. The van der Waals surface area contributed by atoms with Crippen LogP contribution in [0.25, 0.3) is 0 Å². The highest BCUT2D eigenvalue weighted by molar-refractivity contribution is 5.99. The molecule has 0 rings (SSSR count). The van der Waals surface area contributed by atoms with Gasteiger partial charge < -0.3 is 22.3 Å². The minimum atomic E-state index is -1.52. The van der Waals surface area contributed by atoms with E-state index in [-0.39, 0.29) is 5.01 Å². The van der Waals surface area contributed by atoms with E-state index in [0.717, 1.165) is 0 Å². The summed E-state index contributed by atoms with van der Waals surface area (Å²) < 4.78 is 0. The number of amides is 5. The number of aliphatic carboxylic acids is 1. The zero-order chi connectivity index (χ0) is 12.9. The largest absolute Gasteiger partial charge is 0.481 e. The molecule has 0 radical (unpaired) electrons. The maximum absolute atomic E-state index is 11.3. The van der Waals surface area contributed by atoms with Gasteiger partial charge in [-0.1, -0.05) is 0 Å². The molecule has 0 aliphatic heterocycles. The van der Waals surface area contributed by atoms with Gasteiger partial charge in [0.25, 0.3) is 5.91 Å². The predicted octanol–water partition coefficient (Wildman–Crippen LogP) is -2.72. The summed E-state index contributed by atoms with van der Waals surface area (Å²) in [5, 5.41) is 8.41. The third kappa shape index (κ3) is 4.23. The van der Waals surface area contributed by atoms with Crippen molar-refractivity contribution in [3.63, 3.8) is 0 Å². The zero-order valence-corrected chi connectivity index (χ0v) is 8.04. The highest BCUT2D eigenvalue weighted by atomic mass is 16.4. The number of rotatable bonds is 3. The van der Waals surface area contributed by atoms with E-state index < -0.39 is 36.4 Å². The molecule has 5 amide bonds. The van der Waals surface area contributed by atoms with Gasteiger partial charge in [0, 0.05) is 0 Å². The summed E-state index contributed by atoms with van der Waals surface area (Å²) in [6.07, 6.45) is -0.719. The van der Waals surface area contributed by atoms with Gasteiger partial charge >= 0.3 is 18.0 Å². The molecule has 0 saturated carbocycles. The van der Waals surface area contributed by atoms with Crippen molar-refractivity contribution in [3.05, 3.63) is 0 Å². The number of urea groups is 2. The predicted molar refractivity (Wildman–Crippen MR) is 49.4 cm³/mol. The molecule has 0 unspecified atom stereocenters. The smallest absolute Gasteiger partial charge is 0.340 e. The normalized spacial score (nSPS) is 11.3. The van der Waals surface area contributed by atoms with E-state index in [1.54, 1.807) is 5.43 Å². The summed E-state index contributed by atoms with van der Waals surface area (Å²) in [6.45, 7) is 0. The highest BCUT2D eigenvalue weighted by Gasteiger charge is 2.27. The second-order valence-electron chi connectivity index (χ2n) is 2.69. The van der Waals surface area contributed by atoms with Crippen LogP contribution in [0.3, 0.4) is 0 Å². The van der Waals surface area contributed by atoms with Crippen LogP contribution in [0.1, 0.15) is 6.42 Å². The summed E-state index contributed by atoms with van der Waals surface area (Å²) in [4.78, 5) is 42.7. The van der Waals surface area contributed by atoms with E-state index in [0.29, 0.717) is 0 Å². The topological polar surface area (TPSA) is 182 Å². The van der Waals surface area contributed by atoms with Crippen molar-refractivity contribution in [2.24, 2.45) is 17.2 Å². The molecule has 1 atom stereocenters. The molecule has 0 bridgehead atoms. The molecule has 0 aromatic rings. The van der Waals surface area contributed by atoms with Gasteiger partial charge in [0.15, 0.2) is 0 Å². The molecule has 10 nitrogen and oxygen atoms in total. The van der Waals surface area contributed by atoms with Crippen LogP contribution in [0.15, 0.2) is 0 Å². The number of hydrogen-bond donors (Lipinski definition) is 5. The lowest BCUT2D eigenvalue weighted by atomic mass is 10.2. The molecule has 16 heavy (non-hydrogen) atoms. The van der Waals surface area contributed by atoms with Crippen molar-refractivity contribution in [1.82, 2.24) is 10.4 Å². The molecule has 0 aromatic heterocycles. The number of carboxylic acids is 1. The minimum absolute atomic E-state index is 0.0515. The molecule has 0 aliphatic rings. The molecule has 10 heteroatoms. The third-order valence-corrected chi connectivity index (χ3v) is 1.37. The Bertz CT molecular complexity index is 329. The Balaban J connectivity index is 4.67. The molecule has 90 valence electrons. The van der Waals surface area contributed by atoms with E-state index in [1.807, 2.05) is 0 Å². The number of nitrogens with two attached hydrogens (primary N) is 3. The van der Waals surface area contributed by atoms with Gasteiger partial charge in [-0.3, -0.25) is 9.59 Å². The Morgan fingerprint density at radius 3 is 2.06 bits per heavy atom. The number of nitrogens with zero attached hydrogens (tertiary/aromatic N) is 1. The molecule has 0 heterocycles. The third-order valence-electron chi connectivity index (χ3n) is 1.37. The second kappa shape index (κ2) is 5.50. The summed E-state index contributed by atoms with van der Waals surface area (Å²) in [6, 6.07) is -4.06. The highest BCUT2D eigenvalue weighted by Crippen LogP contribution is 1.95. The van der Waals surface area contributed by atoms with Gasteiger partial charge in [-0.2, -0.15) is 5.01 Å². The van der Waals surface area contributed by atoms with E-state index in [4.69, 9.17) is 16.6 Å². The maximum Gasteiger partial charge on any atom is 0.340 e. The summed E-state index contributed by atoms with van der Waals surface area (Å²) in [7, 11) is 0. The second-order valence-corrected chi connectivity index (χ2v) is 2.69. The Kier molecular flexibility index (Phi) is 4.69. The number of nitrogens with one attached hydrogen (secondary N) is 1. The Morgan fingerprint density at radius 1 is 1.25 bits per heavy atom. The lowest BCUT2D eigenvalue weighted by Gasteiger charge is -2.20. The lowest BCUT2D eigenvalue weighted by Crippen LogP contribution is -2.58. The number of carbonyl (C=O) groups excluding carboxylic acids is 3. The zero-order valence-electron chi connectivity index (χ0n) is 8.04. The summed E-state index contributed by atoms with van der Waals surface area (Å²) in [5.74, 6) is -2.52. The Hall–Kier alpha value is -2.36. The van der Waals surface area contributed by atoms with Gasteiger partial charge in [0.2, 0.25) is 0 Å². The fourth-order valence-electron chi connectivity index (χ4n) is 0.770. The van der Waals surface area contributed by atoms with Gasteiger partial charge in [-0.25, -0.2) is 15.0 Å². The van der Waals surface area contributed by atoms with E-state index in [1.165, 1.54) is 0 Å². The van der Waals surface area contributed by atoms with Crippen LogP contribution in [0.5, 0.6) is 0 Å². The van der Waals surface area contributed by atoms with Gasteiger partial charge in [0.1, 0.15) is 0 Å². The molecule has 0 aliphatic carbocycles. The number of hydrazine groups is 1. The van der Waals surface area contributed by atoms with Crippen molar-refractivity contribution in [3.8, 4) is 0 Å². The van der Waals surface area contributed by atoms with E-state index in [2.05, 4.69) is 5.73 Å². The first-order valence-corrected chi connectivity index (χ1v) is 3.92. The quantitative estimate of drug-likeness (QED) is 0.330. The summed E-state index contributed by atoms with van der Waals surface area (Å²) >= 11 is 0. The first kappa shape index (κ1) is 13.6. The van der Waals surface area contributed by atoms with Crippen LogP contribution in [0.2, 0.25) is 0 Å². The SMILES string of the molecule is NC(=O)NN(C(N)=O)C(=O)[C@@H](N)CC(=O)O. The maximum atomic E-state index is 11.3. The van der Waals surface area contributed by atoms with Gasteiger partial charge in [0.05, 0.1) is 12.5 Å². The molecule has 0 fully saturated rings. The number of carboxylic acid groups (broad SMARTS) is 1. The van der Waals surface area contributed by atoms with Crippen molar-refractivity contribution in [2.45, 2.75) is 12.5 Å². The number of hydrogen-bond acceptors (Lipinski definition) is 5. The fourth-order valence-corrected chi connectivity index (χ4v) is 0.770. The molecule has 0 spiro atoms. The average Bonchev–Trinajstić information content (AvgIpc) is 2.11. The van der Waals surface area contributed by atoms with Crippen molar-refractivity contribution in [1.29, 1.82) is 0 Å². The van der Waals surface area contributed by atoms with E-state index in [9.17, 15) is 19.2 Å². The van der Waals surface area contributed by atoms with Crippen molar-refractivity contribution < 1.29 is 24.3 Å². The Labute approximate surface area is 89.3 Å². The van der Waals surface area contributed by atoms with Crippen LogP contribution >= 0.6 is 0 Å². The fraction of sp³-hybridized carbons (Fsp3) is 0.333. The van der Waals surface area contributed by atoms with Crippen molar-refractivity contribution >= 4 is 23.9 Å². The molecular formula is C6H11N5O5. The number of primary amides is 2. The van der Waals surface area contributed by atoms with E-state index >= 15 is 0 Å². The average molecular weight is 233 g/mol. The number of imide groups is 1. The first-order chi connectivity index (χ1) is 7.25. The Morgan fingerprint density at radius 2 is 1.75 bits per heavy atom. The van der Waals surface area contributed by atoms with Gasteiger partial charge in [-0.15, -0.1) is 0 Å². The molecule has 0 aromatic carbocycles. The van der Waals surface area contributed by atoms with Crippen LogP contribution in [-0.2, 0) is 9.59 Å². The van der Waals surface area contributed by atoms with Crippen LogP contribution < -0.4 is 22.6 Å². The minimum Gasteiger partial charge on any atom is -0.481 e. The first-order valence-electron chi connectivity index (χ1n) is 3.92. The monoisotopic (exact) mass is 233 g/mol.